The van der Waals surface area contributed by atoms with E-state index in [0.717, 1.165) is 42.3 Å². The first kappa shape index (κ1) is 22.2. The number of benzene rings is 1. The van der Waals surface area contributed by atoms with Crippen molar-refractivity contribution < 1.29 is 0 Å². The minimum absolute atomic E-state index is 0. The average molecular weight is 511 g/mol. The number of hydrogen-bond donors (Lipinski definition) is 2. The van der Waals surface area contributed by atoms with Gasteiger partial charge in [0.1, 0.15) is 5.15 Å². The SMILES string of the molecule is CCNC(=NCc1ccccc1-n1ccnc1)NCCc1ccc(Cl)nc1.I. The predicted octanol–water partition coefficient (Wildman–Crippen LogP) is 3.84. The number of pyridine rings is 1. The van der Waals surface area contributed by atoms with Crippen LogP contribution in [0.2, 0.25) is 5.15 Å². The monoisotopic (exact) mass is 510 g/mol. The van der Waals surface area contributed by atoms with Crippen LogP contribution in [0.3, 0.4) is 0 Å². The third-order valence-corrected chi connectivity index (χ3v) is 4.24. The number of imidazole rings is 1. The molecule has 0 atom stereocenters. The average Bonchev–Trinajstić information content (AvgIpc) is 3.22. The van der Waals surface area contributed by atoms with Crippen LogP contribution in [0.1, 0.15) is 18.1 Å². The summed E-state index contributed by atoms with van der Waals surface area (Å²) in [6, 6.07) is 12.0. The summed E-state index contributed by atoms with van der Waals surface area (Å²) in [7, 11) is 0. The zero-order valence-electron chi connectivity index (χ0n) is 15.7. The van der Waals surface area contributed by atoms with Gasteiger partial charge in [0, 0.05) is 31.7 Å². The minimum Gasteiger partial charge on any atom is -0.357 e. The Bertz CT molecular complexity index is 865. The standard InChI is InChI=1S/C20H23ClN6.HI/c1-2-23-20(24-10-9-16-7-8-19(21)25-13-16)26-14-17-5-3-4-6-18(17)27-12-11-22-15-27;/h3-8,11-13,15H,2,9-10,14H2,1H3,(H2,23,24,26);1H. The highest BCUT2D eigenvalue weighted by Crippen LogP contribution is 2.15. The molecule has 8 heteroatoms. The minimum atomic E-state index is 0. The van der Waals surface area contributed by atoms with Gasteiger partial charge in [0.25, 0.3) is 0 Å². The lowest BCUT2D eigenvalue weighted by atomic mass is 10.2. The van der Waals surface area contributed by atoms with Gasteiger partial charge in [-0.15, -0.1) is 24.0 Å². The van der Waals surface area contributed by atoms with Crippen molar-refractivity contribution in [3.8, 4) is 5.69 Å². The Morgan fingerprint density at radius 2 is 2.04 bits per heavy atom. The summed E-state index contributed by atoms with van der Waals surface area (Å²) in [5.74, 6) is 0.792. The first-order valence-corrected chi connectivity index (χ1v) is 9.33. The molecule has 6 nitrogen and oxygen atoms in total. The molecule has 0 amide bonds. The number of halogens is 2. The van der Waals surface area contributed by atoms with Crippen LogP contribution >= 0.6 is 35.6 Å². The van der Waals surface area contributed by atoms with Crippen LogP contribution in [0.4, 0.5) is 0 Å². The van der Waals surface area contributed by atoms with Crippen LogP contribution in [-0.2, 0) is 13.0 Å². The Morgan fingerprint density at radius 1 is 1.18 bits per heavy atom. The topological polar surface area (TPSA) is 67.1 Å². The molecule has 0 saturated heterocycles. The van der Waals surface area contributed by atoms with E-state index in [-0.39, 0.29) is 24.0 Å². The van der Waals surface area contributed by atoms with Gasteiger partial charge in [-0.05, 0) is 36.6 Å². The van der Waals surface area contributed by atoms with Gasteiger partial charge in [-0.1, -0.05) is 35.9 Å². The highest BCUT2D eigenvalue weighted by molar-refractivity contribution is 14.0. The molecule has 0 bridgehead atoms. The first-order chi connectivity index (χ1) is 13.3. The molecule has 2 aromatic heterocycles. The molecule has 3 rings (SSSR count). The van der Waals surface area contributed by atoms with Crippen molar-refractivity contribution >= 4 is 41.5 Å². The molecular weight excluding hydrogens is 487 g/mol. The van der Waals surface area contributed by atoms with Crippen molar-refractivity contribution in [2.75, 3.05) is 13.1 Å². The van der Waals surface area contributed by atoms with Gasteiger partial charge in [-0.25, -0.2) is 15.0 Å². The maximum Gasteiger partial charge on any atom is 0.191 e. The Hall–Kier alpha value is -2.13. The highest BCUT2D eigenvalue weighted by atomic mass is 127. The van der Waals surface area contributed by atoms with Crippen molar-refractivity contribution in [3.63, 3.8) is 0 Å². The van der Waals surface area contributed by atoms with Crippen molar-refractivity contribution in [1.29, 1.82) is 0 Å². The summed E-state index contributed by atoms with van der Waals surface area (Å²) < 4.78 is 2.00. The molecule has 0 unspecified atom stereocenters. The third kappa shape index (κ3) is 6.49. The van der Waals surface area contributed by atoms with Crippen LogP contribution in [-0.4, -0.2) is 33.6 Å². The smallest absolute Gasteiger partial charge is 0.191 e. The highest BCUT2D eigenvalue weighted by Gasteiger charge is 2.04. The van der Waals surface area contributed by atoms with E-state index in [0.29, 0.717) is 11.7 Å². The second-order valence-corrected chi connectivity index (χ2v) is 6.35. The Morgan fingerprint density at radius 3 is 2.75 bits per heavy atom. The zero-order chi connectivity index (χ0) is 18.9. The summed E-state index contributed by atoms with van der Waals surface area (Å²) in [5, 5.41) is 7.16. The second-order valence-electron chi connectivity index (χ2n) is 5.96. The van der Waals surface area contributed by atoms with E-state index in [2.05, 4.69) is 39.7 Å². The predicted molar refractivity (Wildman–Crippen MR) is 125 cm³/mol. The van der Waals surface area contributed by atoms with Crippen LogP contribution in [0.15, 0.2) is 66.3 Å². The Labute approximate surface area is 187 Å². The van der Waals surface area contributed by atoms with Crippen molar-refractivity contribution in [2.24, 2.45) is 4.99 Å². The van der Waals surface area contributed by atoms with E-state index in [4.69, 9.17) is 16.6 Å². The molecule has 3 aromatic rings. The van der Waals surface area contributed by atoms with Gasteiger partial charge in [-0.2, -0.15) is 0 Å². The van der Waals surface area contributed by atoms with Gasteiger partial charge >= 0.3 is 0 Å². The lowest BCUT2D eigenvalue weighted by Crippen LogP contribution is -2.38. The van der Waals surface area contributed by atoms with Crippen molar-refractivity contribution in [3.05, 3.63) is 77.6 Å². The Balaban J connectivity index is 0.00000280. The quantitative estimate of drug-likeness (QED) is 0.219. The molecule has 2 heterocycles. The summed E-state index contributed by atoms with van der Waals surface area (Å²) >= 11 is 5.83. The number of hydrogen-bond acceptors (Lipinski definition) is 3. The number of aromatic nitrogens is 3. The zero-order valence-corrected chi connectivity index (χ0v) is 18.8. The fourth-order valence-corrected chi connectivity index (χ4v) is 2.80. The number of aliphatic imine (C=N–C) groups is 1. The van der Waals surface area contributed by atoms with Crippen LogP contribution < -0.4 is 10.6 Å². The van der Waals surface area contributed by atoms with Crippen molar-refractivity contribution in [1.82, 2.24) is 25.2 Å². The largest absolute Gasteiger partial charge is 0.357 e. The van der Waals surface area contributed by atoms with Crippen LogP contribution in [0, 0.1) is 0 Å². The lowest BCUT2D eigenvalue weighted by Gasteiger charge is -2.13. The molecular formula is C20H24ClIN6. The number of guanidine groups is 1. The summed E-state index contributed by atoms with van der Waals surface area (Å²) in [5.41, 5.74) is 3.35. The molecule has 0 fully saturated rings. The number of para-hydroxylation sites is 1. The van der Waals surface area contributed by atoms with E-state index in [1.54, 1.807) is 18.7 Å². The summed E-state index contributed by atoms with van der Waals surface area (Å²) in [6.07, 6.45) is 8.16. The van der Waals surface area contributed by atoms with E-state index in [1.165, 1.54) is 0 Å². The molecule has 0 aliphatic carbocycles. The van der Waals surface area contributed by atoms with Crippen LogP contribution in [0.25, 0.3) is 5.69 Å². The number of nitrogens with one attached hydrogen (secondary N) is 2. The molecule has 28 heavy (non-hydrogen) atoms. The van der Waals surface area contributed by atoms with Crippen LogP contribution in [0.5, 0.6) is 0 Å². The number of nitrogens with zero attached hydrogens (tertiary/aromatic N) is 4. The molecule has 0 aliphatic rings. The molecule has 0 saturated carbocycles. The van der Waals surface area contributed by atoms with E-state index in [9.17, 15) is 0 Å². The third-order valence-electron chi connectivity index (χ3n) is 4.02. The lowest BCUT2D eigenvalue weighted by molar-refractivity contribution is 0.797. The van der Waals surface area contributed by atoms with Gasteiger partial charge in [0.2, 0.25) is 0 Å². The molecule has 0 aliphatic heterocycles. The molecule has 2 N–H and O–H groups in total. The summed E-state index contributed by atoms with van der Waals surface area (Å²) in [6.45, 7) is 4.20. The fourth-order valence-electron chi connectivity index (χ4n) is 2.68. The maximum atomic E-state index is 5.83. The normalized spacial score (nSPS) is 11.0. The van der Waals surface area contributed by atoms with E-state index in [1.807, 2.05) is 35.0 Å². The van der Waals surface area contributed by atoms with E-state index >= 15 is 0 Å². The maximum absolute atomic E-state index is 5.83. The number of rotatable bonds is 7. The van der Waals surface area contributed by atoms with Gasteiger partial charge in [0.15, 0.2) is 5.96 Å². The van der Waals surface area contributed by atoms with E-state index < -0.39 is 0 Å². The van der Waals surface area contributed by atoms with Gasteiger partial charge in [-0.3, -0.25) is 0 Å². The van der Waals surface area contributed by atoms with Gasteiger partial charge < -0.3 is 15.2 Å². The first-order valence-electron chi connectivity index (χ1n) is 8.95. The molecule has 148 valence electrons. The summed E-state index contributed by atoms with van der Waals surface area (Å²) in [4.78, 5) is 13.0. The molecule has 0 spiro atoms. The Kier molecular flexibility index (Phi) is 9.22. The van der Waals surface area contributed by atoms with Crippen molar-refractivity contribution in [2.45, 2.75) is 19.9 Å². The molecule has 0 radical (unpaired) electrons. The van der Waals surface area contributed by atoms with Gasteiger partial charge in [0.05, 0.1) is 18.6 Å². The fraction of sp³-hybridized carbons (Fsp3) is 0.250. The molecule has 1 aromatic carbocycles. The second kappa shape index (κ2) is 11.7.